The van der Waals surface area contributed by atoms with E-state index < -0.39 is 12.0 Å². The van der Waals surface area contributed by atoms with Gasteiger partial charge in [-0.3, -0.25) is 4.79 Å². The van der Waals surface area contributed by atoms with E-state index in [4.69, 9.17) is 15.6 Å². The highest BCUT2D eigenvalue weighted by atomic mass is 16.5. The van der Waals surface area contributed by atoms with Crippen molar-refractivity contribution >= 4 is 5.97 Å². The zero-order valence-corrected chi connectivity index (χ0v) is 11.2. The minimum Gasteiger partial charge on any atom is -0.480 e. The third-order valence-corrected chi connectivity index (χ3v) is 2.92. The molecule has 0 aromatic heterocycles. The van der Waals surface area contributed by atoms with E-state index in [-0.39, 0.29) is 0 Å². The van der Waals surface area contributed by atoms with Crippen LogP contribution in [-0.2, 0) is 11.2 Å². The first kappa shape index (κ1) is 14.1. The van der Waals surface area contributed by atoms with E-state index >= 15 is 0 Å². The van der Waals surface area contributed by atoms with E-state index in [0.717, 1.165) is 16.9 Å². The number of carbonyl (C=O) groups is 1. The van der Waals surface area contributed by atoms with E-state index in [0.29, 0.717) is 12.2 Å². The van der Waals surface area contributed by atoms with Crippen LogP contribution in [0.5, 0.6) is 11.5 Å². The topological polar surface area (TPSA) is 72.5 Å². The van der Waals surface area contributed by atoms with Crippen LogP contribution in [0.3, 0.4) is 0 Å². The van der Waals surface area contributed by atoms with Gasteiger partial charge in [-0.2, -0.15) is 0 Å². The summed E-state index contributed by atoms with van der Waals surface area (Å²) in [6.07, 6.45) is 0.306. The monoisotopic (exact) mass is 271 g/mol. The van der Waals surface area contributed by atoms with Gasteiger partial charge in [0.15, 0.2) is 0 Å². The molecular weight excluding hydrogens is 254 g/mol. The average Bonchev–Trinajstić information content (AvgIpc) is 2.41. The Bertz CT molecular complexity index is 593. The molecule has 4 heteroatoms. The molecule has 0 saturated heterocycles. The molecule has 0 aliphatic heterocycles. The first-order valence-corrected chi connectivity index (χ1v) is 6.36. The number of rotatable bonds is 5. The van der Waals surface area contributed by atoms with Gasteiger partial charge in [0.05, 0.1) is 0 Å². The fraction of sp³-hybridized carbons (Fsp3) is 0.188. The Labute approximate surface area is 117 Å². The van der Waals surface area contributed by atoms with Gasteiger partial charge in [0, 0.05) is 0 Å². The first-order chi connectivity index (χ1) is 9.54. The second kappa shape index (κ2) is 6.21. The van der Waals surface area contributed by atoms with Crippen molar-refractivity contribution in [3.05, 3.63) is 59.7 Å². The number of aryl methyl sites for hydroxylation is 1. The van der Waals surface area contributed by atoms with Crippen molar-refractivity contribution < 1.29 is 14.6 Å². The van der Waals surface area contributed by atoms with E-state index in [2.05, 4.69) is 0 Å². The lowest BCUT2D eigenvalue weighted by Crippen LogP contribution is -2.32. The molecule has 2 aromatic rings. The number of hydrogen-bond acceptors (Lipinski definition) is 3. The fourth-order valence-corrected chi connectivity index (χ4v) is 1.85. The van der Waals surface area contributed by atoms with Crippen molar-refractivity contribution in [2.45, 2.75) is 19.4 Å². The molecule has 0 heterocycles. The maximum absolute atomic E-state index is 10.7. The molecular formula is C16H17NO3. The van der Waals surface area contributed by atoms with Crippen molar-refractivity contribution in [2.24, 2.45) is 5.73 Å². The predicted octanol–water partition coefficient (Wildman–Crippen LogP) is 2.74. The molecule has 4 nitrogen and oxygen atoms in total. The van der Waals surface area contributed by atoms with E-state index in [1.54, 1.807) is 0 Å². The van der Waals surface area contributed by atoms with Crippen LogP contribution in [0.25, 0.3) is 0 Å². The Morgan fingerprint density at radius 1 is 1.20 bits per heavy atom. The first-order valence-electron chi connectivity index (χ1n) is 6.36. The molecule has 0 aliphatic rings. The Balaban J connectivity index is 2.03. The Morgan fingerprint density at radius 2 is 1.90 bits per heavy atom. The van der Waals surface area contributed by atoms with Crippen molar-refractivity contribution in [3.63, 3.8) is 0 Å². The summed E-state index contributed by atoms with van der Waals surface area (Å²) in [5, 5.41) is 8.77. The summed E-state index contributed by atoms with van der Waals surface area (Å²) in [6.45, 7) is 2.00. The molecule has 0 fully saturated rings. The minimum absolute atomic E-state index is 0.306. The van der Waals surface area contributed by atoms with Gasteiger partial charge in [-0.05, 0) is 48.7 Å². The minimum atomic E-state index is -0.995. The third-order valence-electron chi connectivity index (χ3n) is 2.92. The molecule has 0 radical (unpaired) electrons. The molecule has 104 valence electrons. The lowest BCUT2D eigenvalue weighted by Gasteiger charge is -2.09. The summed E-state index contributed by atoms with van der Waals surface area (Å²) < 4.78 is 5.72. The largest absolute Gasteiger partial charge is 0.480 e. The van der Waals surface area contributed by atoms with Crippen LogP contribution in [0.15, 0.2) is 48.5 Å². The maximum Gasteiger partial charge on any atom is 0.320 e. The summed E-state index contributed by atoms with van der Waals surface area (Å²) >= 11 is 0. The number of carboxylic acids is 1. The summed E-state index contributed by atoms with van der Waals surface area (Å²) in [6, 6.07) is 14.2. The molecule has 0 spiro atoms. The highest BCUT2D eigenvalue weighted by molar-refractivity contribution is 5.73. The summed E-state index contributed by atoms with van der Waals surface area (Å²) in [5.74, 6) is 0.494. The Kier molecular flexibility index (Phi) is 4.38. The molecule has 20 heavy (non-hydrogen) atoms. The number of nitrogens with two attached hydrogens (primary N) is 1. The van der Waals surface area contributed by atoms with Crippen LogP contribution < -0.4 is 10.5 Å². The van der Waals surface area contributed by atoms with Crippen LogP contribution in [-0.4, -0.2) is 17.1 Å². The molecule has 2 rings (SSSR count). The van der Waals surface area contributed by atoms with E-state index in [9.17, 15) is 4.79 Å². The van der Waals surface area contributed by atoms with Gasteiger partial charge in [0.25, 0.3) is 0 Å². The number of aliphatic carboxylic acids is 1. The van der Waals surface area contributed by atoms with Gasteiger partial charge in [-0.25, -0.2) is 0 Å². The number of benzene rings is 2. The van der Waals surface area contributed by atoms with Crippen molar-refractivity contribution in [1.82, 2.24) is 0 Å². The zero-order chi connectivity index (χ0) is 14.5. The van der Waals surface area contributed by atoms with Crippen molar-refractivity contribution in [2.75, 3.05) is 0 Å². The van der Waals surface area contributed by atoms with Crippen LogP contribution in [0.4, 0.5) is 0 Å². The van der Waals surface area contributed by atoms with Crippen LogP contribution in [0, 0.1) is 6.92 Å². The van der Waals surface area contributed by atoms with Crippen LogP contribution >= 0.6 is 0 Å². The molecule has 0 unspecified atom stereocenters. The lowest BCUT2D eigenvalue weighted by molar-refractivity contribution is -0.138. The Morgan fingerprint density at radius 3 is 2.50 bits per heavy atom. The van der Waals surface area contributed by atoms with Crippen molar-refractivity contribution in [1.29, 1.82) is 0 Å². The summed E-state index contributed by atoms with van der Waals surface area (Å²) in [5.41, 5.74) is 7.50. The normalized spacial score (nSPS) is 11.9. The number of ether oxygens (including phenoxy) is 1. The average molecular weight is 271 g/mol. The van der Waals surface area contributed by atoms with Gasteiger partial charge < -0.3 is 15.6 Å². The van der Waals surface area contributed by atoms with Crippen LogP contribution in [0.2, 0.25) is 0 Å². The molecule has 0 saturated carbocycles. The van der Waals surface area contributed by atoms with Gasteiger partial charge >= 0.3 is 5.97 Å². The molecule has 2 aromatic carbocycles. The molecule has 1 atom stereocenters. The fourth-order valence-electron chi connectivity index (χ4n) is 1.85. The van der Waals surface area contributed by atoms with Gasteiger partial charge in [0.2, 0.25) is 0 Å². The van der Waals surface area contributed by atoms with Gasteiger partial charge in [-0.1, -0.05) is 24.3 Å². The smallest absolute Gasteiger partial charge is 0.320 e. The van der Waals surface area contributed by atoms with E-state index in [1.807, 2.05) is 55.5 Å². The van der Waals surface area contributed by atoms with Gasteiger partial charge in [0.1, 0.15) is 17.5 Å². The summed E-state index contributed by atoms with van der Waals surface area (Å²) in [7, 11) is 0. The maximum atomic E-state index is 10.7. The standard InChI is InChI=1S/C16H17NO3/c1-11-3-2-4-14(9-11)20-13-7-5-12(6-8-13)10-15(17)16(18)19/h2-9,15H,10,17H2,1H3,(H,18,19)/t15-/m0/s1. The highest BCUT2D eigenvalue weighted by Crippen LogP contribution is 2.22. The lowest BCUT2D eigenvalue weighted by atomic mass is 10.1. The second-order valence-electron chi connectivity index (χ2n) is 4.71. The third kappa shape index (κ3) is 3.83. The van der Waals surface area contributed by atoms with Gasteiger partial charge in [-0.15, -0.1) is 0 Å². The quantitative estimate of drug-likeness (QED) is 0.877. The molecule has 3 N–H and O–H groups in total. The summed E-state index contributed by atoms with van der Waals surface area (Å²) in [4.78, 5) is 10.7. The SMILES string of the molecule is Cc1cccc(Oc2ccc(C[C@H](N)C(=O)O)cc2)c1. The predicted molar refractivity (Wildman–Crippen MR) is 77.0 cm³/mol. The molecule has 0 bridgehead atoms. The number of hydrogen-bond donors (Lipinski definition) is 2. The van der Waals surface area contributed by atoms with E-state index in [1.165, 1.54) is 0 Å². The second-order valence-corrected chi connectivity index (χ2v) is 4.71. The zero-order valence-electron chi connectivity index (χ0n) is 11.2. The number of carboxylic acid groups (broad SMARTS) is 1. The van der Waals surface area contributed by atoms with Crippen LogP contribution in [0.1, 0.15) is 11.1 Å². The highest BCUT2D eigenvalue weighted by Gasteiger charge is 2.11. The van der Waals surface area contributed by atoms with Crippen molar-refractivity contribution in [3.8, 4) is 11.5 Å². The molecule has 0 amide bonds. The Hall–Kier alpha value is -2.33. The molecule has 0 aliphatic carbocycles.